The number of benzene rings is 1. The Hall–Kier alpha value is -2.37. The van der Waals surface area contributed by atoms with Crippen LogP contribution in [0.15, 0.2) is 22.7 Å². The topological polar surface area (TPSA) is 75.0 Å². The fourth-order valence-electron chi connectivity index (χ4n) is 4.84. The van der Waals surface area contributed by atoms with E-state index >= 15 is 0 Å². The molecule has 1 saturated heterocycles. The molecule has 0 radical (unpaired) electrons. The van der Waals surface area contributed by atoms with E-state index in [1.165, 1.54) is 32.1 Å². The molecular weight excluding hydrogens is 414 g/mol. The lowest BCUT2D eigenvalue weighted by Gasteiger charge is -2.44. The summed E-state index contributed by atoms with van der Waals surface area (Å²) in [5.41, 5.74) is 1.46. The summed E-state index contributed by atoms with van der Waals surface area (Å²) in [4.78, 5) is 17.4. The van der Waals surface area contributed by atoms with Gasteiger partial charge < -0.3 is 14.2 Å². The first kappa shape index (κ1) is 21.8. The molecule has 31 heavy (non-hydrogen) atoms. The first-order chi connectivity index (χ1) is 15.1. The third-order valence-electron chi connectivity index (χ3n) is 6.49. The highest BCUT2D eigenvalue weighted by Gasteiger charge is 2.40. The summed E-state index contributed by atoms with van der Waals surface area (Å²) >= 11 is 1.61. The summed E-state index contributed by atoms with van der Waals surface area (Å²) in [7, 11) is 4.69. The van der Waals surface area contributed by atoms with Crippen molar-refractivity contribution < 1.29 is 19.0 Å². The molecule has 7 nitrogen and oxygen atoms in total. The highest BCUT2D eigenvalue weighted by atomic mass is 32.2. The second-order valence-corrected chi connectivity index (χ2v) is 9.10. The van der Waals surface area contributed by atoms with Crippen LogP contribution in [-0.2, 0) is 4.79 Å². The quantitative estimate of drug-likeness (QED) is 0.679. The van der Waals surface area contributed by atoms with Crippen molar-refractivity contribution in [2.24, 2.45) is 0 Å². The zero-order chi connectivity index (χ0) is 22.0. The number of nitrogens with zero attached hydrogens (tertiary/aromatic N) is 3. The summed E-state index contributed by atoms with van der Waals surface area (Å²) in [6.45, 7) is 0.582. The molecule has 4 rings (SSSR count). The largest absolute Gasteiger partial charge is 0.493 e. The highest BCUT2D eigenvalue weighted by molar-refractivity contribution is 8.03. The van der Waals surface area contributed by atoms with Crippen molar-refractivity contribution >= 4 is 17.7 Å². The van der Waals surface area contributed by atoms with E-state index in [-0.39, 0.29) is 18.2 Å². The number of allylic oxidation sites excluding steroid dienone is 1. The van der Waals surface area contributed by atoms with Gasteiger partial charge in [0.15, 0.2) is 11.5 Å². The molecule has 1 unspecified atom stereocenters. The van der Waals surface area contributed by atoms with Crippen molar-refractivity contribution in [3.8, 4) is 23.3 Å². The number of nitriles is 1. The average molecular weight is 444 g/mol. The molecule has 0 N–H and O–H groups in total. The third kappa shape index (κ3) is 4.09. The van der Waals surface area contributed by atoms with E-state index in [4.69, 9.17) is 14.2 Å². The van der Waals surface area contributed by atoms with E-state index < -0.39 is 0 Å². The molecule has 1 saturated carbocycles. The second-order valence-electron chi connectivity index (χ2n) is 8.16. The summed E-state index contributed by atoms with van der Waals surface area (Å²) in [6.07, 6.45) is 6.47. The van der Waals surface area contributed by atoms with Gasteiger partial charge in [0.05, 0.1) is 50.5 Å². The minimum atomic E-state index is -0.328. The van der Waals surface area contributed by atoms with Gasteiger partial charge in [-0.05, 0) is 30.5 Å². The highest BCUT2D eigenvalue weighted by Crippen LogP contribution is 2.47. The third-order valence-corrected chi connectivity index (χ3v) is 7.67. The van der Waals surface area contributed by atoms with E-state index in [2.05, 4.69) is 11.0 Å². The van der Waals surface area contributed by atoms with Crippen molar-refractivity contribution in [2.45, 2.75) is 50.5 Å². The maximum absolute atomic E-state index is 13.2. The Morgan fingerprint density at radius 3 is 2.32 bits per heavy atom. The molecule has 8 heteroatoms. The van der Waals surface area contributed by atoms with Crippen LogP contribution in [0.1, 0.15) is 50.0 Å². The number of carbonyl (C=O) groups excluding carboxylic acids is 1. The molecule has 2 fully saturated rings. The Morgan fingerprint density at radius 1 is 1.06 bits per heavy atom. The van der Waals surface area contributed by atoms with Crippen LogP contribution >= 0.6 is 11.8 Å². The zero-order valence-corrected chi connectivity index (χ0v) is 19.2. The first-order valence-electron chi connectivity index (χ1n) is 10.7. The summed E-state index contributed by atoms with van der Waals surface area (Å²) in [5, 5.41) is 10.9. The van der Waals surface area contributed by atoms with Crippen LogP contribution < -0.4 is 14.2 Å². The van der Waals surface area contributed by atoms with Gasteiger partial charge >= 0.3 is 0 Å². The van der Waals surface area contributed by atoms with Gasteiger partial charge in [0.1, 0.15) is 0 Å². The lowest BCUT2D eigenvalue weighted by atomic mass is 9.86. The monoisotopic (exact) mass is 443 g/mol. The van der Waals surface area contributed by atoms with Crippen molar-refractivity contribution in [2.75, 3.05) is 33.9 Å². The number of fused-ring (bicyclic) bond motifs is 1. The Kier molecular flexibility index (Phi) is 6.63. The lowest BCUT2D eigenvalue weighted by Crippen LogP contribution is -2.51. The van der Waals surface area contributed by atoms with Gasteiger partial charge in [-0.25, -0.2) is 0 Å². The Bertz CT molecular complexity index is 895. The molecule has 0 spiro atoms. The van der Waals surface area contributed by atoms with Crippen molar-refractivity contribution in [1.29, 1.82) is 5.26 Å². The van der Waals surface area contributed by atoms with Crippen LogP contribution in [0.25, 0.3) is 0 Å². The number of methoxy groups -OCH3 is 3. The van der Waals surface area contributed by atoms with Crippen LogP contribution in [0.4, 0.5) is 0 Å². The predicted molar refractivity (Wildman–Crippen MR) is 119 cm³/mol. The van der Waals surface area contributed by atoms with Gasteiger partial charge in [0.25, 0.3) is 0 Å². The SMILES string of the molecule is COc1cc(C2CC(=O)N3CN(C4CCCCC4)CSC3=C2C#N)cc(OC)c1OC. The molecule has 2 aliphatic heterocycles. The zero-order valence-electron chi connectivity index (χ0n) is 18.3. The Morgan fingerprint density at radius 2 is 1.74 bits per heavy atom. The van der Waals surface area contributed by atoms with Crippen molar-refractivity contribution in [1.82, 2.24) is 9.80 Å². The molecule has 3 aliphatic rings. The number of thioether (sulfide) groups is 1. The summed E-state index contributed by atoms with van der Waals surface area (Å²) in [6, 6.07) is 6.62. The summed E-state index contributed by atoms with van der Waals surface area (Å²) in [5.74, 6) is 2.09. The number of ether oxygens (including phenoxy) is 3. The van der Waals surface area contributed by atoms with Crippen LogP contribution in [0.2, 0.25) is 0 Å². The molecule has 0 aromatic heterocycles. The minimum Gasteiger partial charge on any atom is -0.493 e. The van der Waals surface area contributed by atoms with E-state index in [0.717, 1.165) is 16.5 Å². The number of hydrogen-bond acceptors (Lipinski definition) is 7. The number of carbonyl (C=O) groups is 1. The molecule has 0 bridgehead atoms. The Balaban J connectivity index is 1.67. The van der Waals surface area contributed by atoms with Gasteiger partial charge in [-0.3, -0.25) is 14.6 Å². The maximum atomic E-state index is 13.2. The van der Waals surface area contributed by atoms with Crippen molar-refractivity contribution in [3.05, 3.63) is 28.3 Å². The van der Waals surface area contributed by atoms with E-state index in [1.807, 2.05) is 17.0 Å². The van der Waals surface area contributed by atoms with E-state index in [9.17, 15) is 10.1 Å². The summed E-state index contributed by atoms with van der Waals surface area (Å²) < 4.78 is 16.4. The molecule has 166 valence electrons. The van der Waals surface area contributed by atoms with Crippen molar-refractivity contribution in [3.63, 3.8) is 0 Å². The van der Waals surface area contributed by atoms with E-state index in [0.29, 0.717) is 35.5 Å². The molecule has 1 aliphatic carbocycles. The molecule has 1 aromatic rings. The van der Waals surface area contributed by atoms with Crippen LogP contribution in [0.5, 0.6) is 17.2 Å². The smallest absolute Gasteiger partial charge is 0.229 e. The van der Waals surface area contributed by atoms with Gasteiger partial charge in [-0.1, -0.05) is 31.0 Å². The molecule has 1 amide bonds. The maximum Gasteiger partial charge on any atom is 0.229 e. The van der Waals surface area contributed by atoms with E-state index in [1.54, 1.807) is 33.1 Å². The Labute approximate surface area is 187 Å². The lowest BCUT2D eigenvalue weighted by molar-refractivity contribution is -0.132. The molecular formula is C23H29N3O4S. The van der Waals surface area contributed by atoms with Crippen LogP contribution in [-0.4, -0.2) is 55.6 Å². The van der Waals surface area contributed by atoms with Crippen LogP contribution in [0, 0.1) is 11.3 Å². The average Bonchev–Trinajstić information content (AvgIpc) is 2.83. The second kappa shape index (κ2) is 9.41. The fraction of sp³-hybridized carbons (Fsp3) is 0.565. The molecule has 2 heterocycles. The van der Waals surface area contributed by atoms with Gasteiger partial charge in [-0.15, -0.1) is 0 Å². The van der Waals surface area contributed by atoms with Gasteiger partial charge in [0, 0.05) is 18.4 Å². The molecule has 1 aromatic carbocycles. The number of rotatable bonds is 5. The first-order valence-corrected chi connectivity index (χ1v) is 11.7. The van der Waals surface area contributed by atoms with Gasteiger partial charge in [-0.2, -0.15) is 5.26 Å². The standard InChI is InChI=1S/C23H29N3O4S/c1-28-19-9-15(10-20(29-2)22(19)30-3)17-11-21(27)26-13-25(16-7-5-4-6-8-16)14-31-23(26)18(17)12-24/h9-10,16-17H,4-8,11,13-14H2,1-3H3. The minimum absolute atomic E-state index is 0.0563. The fourth-order valence-corrected chi connectivity index (χ4v) is 6.08. The van der Waals surface area contributed by atoms with Crippen LogP contribution in [0.3, 0.4) is 0 Å². The number of amides is 1. The normalized spacial score (nSPS) is 22.7. The van der Waals surface area contributed by atoms with Gasteiger partial charge in [0.2, 0.25) is 11.7 Å². The number of hydrogen-bond donors (Lipinski definition) is 0. The predicted octanol–water partition coefficient (Wildman–Crippen LogP) is 4.06. The molecule has 1 atom stereocenters.